The summed E-state index contributed by atoms with van der Waals surface area (Å²) >= 11 is 0. The lowest BCUT2D eigenvalue weighted by molar-refractivity contribution is 0.0610. The predicted molar refractivity (Wildman–Crippen MR) is 172 cm³/mol. The van der Waals surface area contributed by atoms with Gasteiger partial charge in [0.2, 0.25) is 0 Å². The second-order valence-electron chi connectivity index (χ2n) is 11.5. The van der Waals surface area contributed by atoms with Crippen molar-refractivity contribution in [2.24, 2.45) is 0 Å². The molecule has 0 amide bonds. The van der Waals surface area contributed by atoms with Crippen molar-refractivity contribution in [2.45, 2.75) is 104 Å². The molecule has 3 N–H and O–H groups in total. The number of imidazole rings is 1. The van der Waals surface area contributed by atoms with Crippen molar-refractivity contribution in [3.63, 3.8) is 0 Å². The van der Waals surface area contributed by atoms with Gasteiger partial charge < -0.3 is 29.2 Å². The summed E-state index contributed by atoms with van der Waals surface area (Å²) in [7, 11) is -4.17. The summed E-state index contributed by atoms with van der Waals surface area (Å²) in [6, 6.07) is 0. The molecule has 0 aromatic carbocycles. The number of nitrogen functional groups attached to an aromatic ring is 1. The fourth-order valence-electron chi connectivity index (χ4n) is 4.57. The highest BCUT2D eigenvalue weighted by Gasteiger charge is 2.22. The second-order valence-corrected chi connectivity index (χ2v) is 17.8. The Hall–Kier alpha value is -1.23. The van der Waals surface area contributed by atoms with E-state index in [4.69, 9.17) is 19.7 Å². The van der Waals surface area contributed by atoms with Crippen LogP contribution < -0.4 is 5.73 Å². The SMILES string of the molecule is CCS(C)(C)CCCCCCCCCCCCCCOCCOP(=O)(O)CO[C@H](C)Cn1cnc2c(N)ncnc21. The van der Waals surface area contributed by atoms with E-state index in [-0.39, 0.29) is 22.7 Å². The maximum atomic E-state index is 12.3. The van der Waals surface area contributed by atoms with Crippen LogP contribution in [0.4, 0.5) is 5.82 Å². The molecule has 0 radical (unpaired) electrons. The van der Waals surface area contributed by atoms with E-state index in [2.05, 4.69) is 34.4 Å². The fourth-order valence-corrected chi connectivity index (χ4v) is 6.72. The molecule has 0 saturated heterocycles. The topological polar surface area (TPSA) is 135 Å². The molecule has 2 atom stereocenters. The molecule has 0 bridgehead atoms. The van der Waals surface area contributed by atoms with Crippen molar-refractivity contribution in [1.82, 2.24) is 19.5 Å². The molecule has 0 aliphatic carbocycles. The molecule has 41 heavy (non-hydrogen) atoms. The smallest absolute Gasteiger partial charge is 0.353 e. The van der Waals surface area contributed by atoms with Crippen LogP contribution in [0.15, 0.2) is 12.7 Å². The largest absolute Gasteiger partial charge is 0.382 e. The van der Waals surface area contributed by atoms with Crippen molar-refractivity contribution in [1.29, 1.82) is 0 Å². The molecular weight excluding hydrogens is 561 g/mol. The summed E-state index contributed by atoms with van der Waals surface area (Å²) in [4.78, 5) is 22.4. The maximum absolute atomic E-state index is 12.3. The summed E-state index contributed by atoms with van der Waals surface area (Å²) in [6.07, 6.45) is 23.0. The number of unbranched alkanes of at least 4 members (excludes halogenated alkanes) is 11. The van der Waals surface area contributed by atoms with Crippen LogP contribution in [0.1, 0.15) is 90.9 Å². The van der Waals surface area contributed by atoms with Crippen molar-refractivity contribution in [3.05, 3.63) is 12.7 Å². The zero-order valence-electron chi connectivity index (χ0n) is 26.0. The summed E-state index contributed by atoms with van der Waals surface area (Å²) in [5, 5.41) is 0. The number of hydrogen-bond donors (Lipinski definition) is 2. The molecule has 2 aromatic heterocycles. The van der Waals surface area contributed by atoms with Gasteiger partial charge in [-0.3, -0.25) is 4.57 Å². The van der Waals surface area contributed by atoms with E-state index in [1.165, 1.54) is 82.0 Å². The molecule has 2 aromatic rings. The first-order chi connectivity index (χ1) is 19.6. The summed E-state index contributed by atoms with van der Waals surface area (Å²) in [5.41, 5.74) is 6.92. The summed E-state index contributed by atoms with van der Waals surface area (Å²) < 4.78 is 30.3. The highest BCUT2D eigenvalue weighted by molar-refractivity contribution is 8.32. The number of fused-ring (bicyclic) bond motifs is 1. The highest BCUT2D eigenvalue weighted by atomic mass is 32.3. The first kappa shape index (κ1) is 36.0. The molecule has 12 heteroatoms. The van der Waals surface area contributed by atoms with Crippen LogP contribution in [-0.2, 0) is 25.1 Å². The minimum atomic E-state index is -3.86. The number of anilines is 1. The van der Waals surface area contributed by atoms with Gasteiger partial charge in [0.15, 0.2) is 11.5 Å². The van der Waals surface area contributed by atoms with E-state index in [0.29, 0.717) is 36.7 Å². The quantitative estimate of drug-likeness (QED) is 0.0916. The lowest BCUT2D eigenvalue weighted by Crippen LogP contribution is -2.18. The summed E-state index contributed by atoms with van der Waals surface area (Å²) in [5.74, 6) is 3.12. The minimum absolute atomic E-state index is 0.0611. The average molecular weight is 618 g/mol. The van der Waals surface area contributed by atoms with Gasteiger partial charge in [0.25, 0.3) is 0 Å². The lowest BCUT2D eigenvalue weighted by Gasteiger charge is -2.29. The number of ether oxygens (including phenoxy) is 2. The van der Waals surface area contributed by atoms with Gasteiger partial charge in [0.05, 0.1) is 32.2 Å². The van der Waals surface area contributed by atoms with Gasteiger partial charge in [-0.1, -0.05) is 71.1 Å². The van der Waals surface area contributed by atoms with Crippen LogP contribution in [0.25, 0.3) is 11.2 Å². The molecule has 2 rings (SSSR count). The Morgan fingerprint density at radius 1 is 0.927 bits per heavy atom. The van der Waals surface area contributed by atoms with Crippen molar-refractivity contribution < 1.29 is 23.5 Å². The van der Waals surface area contributed by atoms with Crippen molar-refractivity contribution in [3.8, 4) is 0 Å². The minimum Gasteiger partial charge on any atom is -0.382 e. The lowest BCUT2D eigenvalue weighted by atomic mass is 10.1. The van der Waals surface area contributed by atoms with Crippen molar-refractivity contribution >= 4 is 34.6 Å². The van der Waals surface area contributed by atoms with Gasteiger partial charge in [-0.05, 0) is 43.8 Å². The number of aromatic nitrogens is 4. The van der Waals surface area contributed by atoms with E-state index in [9.17, 15) is 9.46 Å². The number of hydrogen-bond acceptors (Lipinski definition) is 8. The van der Waals surface area contributed by atoms with E-state index in [0.717, 1.165) is 12.8 Å². The molecule has 10 nitrogen and oxygen atoms in total. The fraction of sp³-hybridized carbons (Fsp3) is 0.828. The van der Waals surface area contributed by atoms with Gasteiger partial charge in [0, 0.05) is 6.61 Å². The van der Waals surface area contributed by atoms with Gasteiger partial charge in [-0.25, -0.2) is 25.0 Å². The molecule has 2 heterocycles. The van der Waals surface area contributed by atoms with Gasteiger partial charge >= 0.3 is 7.60 Å². The van der Waals surface area contributed by atoms with Crippen LogP contribution in [0.5, 0.6) is 0 Å². The molecule has 238 valence electrons. The van der Waals surface area contributed by atoms with Crippen LogP contribution in [0, 0.1) is 0 Å². The Labute approximate surface area is 249 Å². The first-order valence-corrected chi connectivity index (χ1v) is 19.9. The van der Waals surface area contributed by atoms with E-state index >= 15 is 0 Å². The Morgan fingerprint density at radius 3 is 2.17 bits per heavy atom. The molecule has 0 fully saturated rings. The number of rotatable bonds is 25. The Morgan fingerprint density at radius 2 is 1.54 bits per heavy atom. The number of nitrogens with two attached hydrogens (primary N) is 1. The van der Waals surface area contributed by atoms with Crippen molar-refractivity contribution in [2.75, 3.05) is 55.9 Å². The van der Waals surface area contributed by atoms with Crippen LogP contribution in [0.3, 0.4) is 0 Å². The molecule has 0 saturated carbocycles. The molecule has 0 aliphatic rings. The van der Waals surface area contributed by atoms with E-state index in [1.807, 2.05) is 0 Å². The third kappa shape index (κ3) is 15.7. The molecule has 1 unspecified atom stereocenters. The van der Waals surface area contributed by atoms with E-state index < -0.39 is 13.9 Å². The zero-order valence-corrected chi connectivity index (χ0v) is 27.7. The Kier molecular flexibility index (Phi) is 17.4. The Balaban J connectivity index is 1.37. The van der Waals surface area contributed by atoms with E-state index in [1.54, 1.807) is 17.8 Å². The predicted octanol–water partition coefficient (Wildman–Crippen LogP) is 6.76. The molecule has 0 spiro atoms. The average Bonchev–Trinajstić information content (AvgIpc) is 3.35. The normalized spacial score (nSPS) is 14.9. The van der Waals surface area contributed by atoms with Crippen LogP contribution in [-0.4, -0.2) is 80.7 Å². The highest BCUT2D eigenvalue weighted by Crippen LogP contribution is 2.42. The van der Waals surface area contributed by atoms with Gasteiger partial charge in [0.1, 0.15) is 18.2 Å². The van der Waals surface area contributed by atoms with Gasteiger partial charge in [-0.15, -0.1) is 0 Å². The molecular formula is C29H56N5O5PS. The monoisotopic (exact) mass is 617 g/mol. The van der Waals surface area contributed by atoms with Gasteiger partial charge in [-0.2, -0.15) is 0 Å². The Bertz CT molecular complexity index is 1020. The maximum Gasteiger partial charge on any atom is 0.353 e. The van der Waals surface area contributed by atoms with Crippen LogP contribution in [0.2, 0.25) is 0 Å². The third-order valence-corrected chi connectivity index (χ3v) is 11.5. The second kappa shape index (κ2) is 19.9. The third-order valence-electron chi connectivity index (χ3n) is 7.44. The van der Waals surface area contributed by atoms with Crippen LogP contribution >= 0.6 is 17.6 Å². The standard InChI is InChI=1S/C29H56N5O5PS/c1-5-41(3,4)21-17-15-13-11-9-7-6-8-10-12-14-16-18-37-19-20-39-40(35,36)25-38-26(2)22-34-24-33-27-28(30)31-23-32-29(27)34/h23-24,26H,5-22,25H2,1-4H3,(H,35,36)(H2,30,31,32)/t26-/m1/s1. The zero-order chi connectivity index (χ0) is 30.0. The molecule has 0 aliphatic heterocycles. The number of nitrogens with zero attached hydrogens (tertiary/aromatic N) is 4. The summed E-state index contributed by atoms with van der Waals surface area (Å²) in [6.45, 7) is 5.54. The first-order valence-electron chi connectivity index (χ1n) is 15.4.